The van der Waals surface area contributed by atoms with Gasteiger partial charge in [0.1, 0.15) is 11.6 Å². The largest absolute Gasteiger partial charge is 0.310 e. The molecule has 1 aromatic rings. The van der Waals surface area contributed by atoms with Gasteiger partial charge in [-0.3, -0.25) is 4.79 Å². The van der Waals surface area contributed by atoms with Crippen molar-refractivity contribution in [1.29, 1.82) is 0 Å². The highest BCUT2D eigenvalue weighted by Crippen LogP contribution is 2.60. The maximum atomic E-state index is 13.3. The molecule has 0 radical (unpaired) electrons. The standard InChI is InChI=1S/C17H21FN2O/c1-10-2-15(19-9-14(10)18)20-16(21)17-6-11-3-12(7-17)5-13(4-11)8-17/h2,9,11-13H,3-8H2,1H3,(H,19,20,21). The summed E-state index contributed by atoms with van der Waals surface area (Å²) in [5.74, 6) is 2.48. The minimum atomic E-state index is -0.331. The van der Waals surface area contributed by atoms with Crippen LogP contribution in [-0.4, -0.2) is 10.9 Å². The molecule has 4 aliphatic rings. The third-order valence-electron chi connectivity index (χ3n) is 5.81. The topological polar surface area (TPSA) is 42.0 Å². The minimum Gasteiger partial charge on any atom is -0.310 e. The van der Waals surface area contributed by atoms with Crippen LogP contribution in [0.25, 0.3) is 0 Å². The number of aryl methyl sites for hydroxylation is 1. The number of pyridine rings is 1. The highest BCUT2D eigenvalue weighted by Gasteiger charge is 2.54. The Morgan fingerprint density at radius 3 is 2.33 bits per heavy atom. The second kappa shape index (κ2) is 4.52. The number of amides is 1. The number of carbonyl (C=O) groups excluding carboxylic acids is 1. The van der Waals surface area contributed by atoms with Crippen molar-refractivity contribution >= 4 is 11.7 Å². The number of carbonyl (C=O) groups is 1. The summed E-state index contributed by atoms with van der Waals surface area (Å²) in [6.45, 7) is 1.69. The molecule has 4 bridgehead atoms. The van der Waals surface area contributed by atoms with E-state index in [0.717, 1.165) is 37.0 Å². The Morgan fingerprint density at radius 2 is 1.81 bits per heavy atom. The summed E-state index contributed by atoms with van der Waals surface area (Å²) in [6, 6.07) is 1.62. The van der Waals surface area contributed by atoms with Gasteiger partial charge in [0, 0.05) is 0 Å². The first kappa shape index (κ1) is 13.2. The maximum absolute atomic E-state index is 13.3. The summed E-state index contributed by atoms with van der Waals surface area (Å²) in [5.41, 5.74) is 0.337. The molecule has 21 heavy (non-hydrogen) atoms. The minimum absolute atomic E-state index is 0.111. The molecule has 1 aromatic heterocycles. The summed E-state index contributed by atoms with van der Waals surface area (Å²) < 4.78 is 13.3. The first-order valence-corrected chi connectivity index (χ1v) is 7.98. The first-order valence-electron chi connectivity index (χ1n) is 7.98. The van der Waals surface area contributed by atoms with Gasteiger partial charge in [-0.05, 0) is 74.8 Å². The highest BCUT2D eigenvalue weighted by atomic mass is 19.1. The molecule has 112 valence electrons. The number of hydrogen-bond acceptors (Lipinski definition) is 2. The maximum Gasteiger partial charge on any atom is 0.231 e. The van der Waals surface area contributed by atoms with Crippen molar-refractivity contribution in [2.75, 3.05) is 5.32 Å². The molecule has 4 saturated carbocycles. The van der Waals surface area contributed by atoms with Gasteiger partial charge in [0.15, 0.2) is 0 Å². The average molecular weight is 288 g/mol. The smallest absolute Gasteiger partial charge is 0.231 e. The molecule has 0 spiro atoms. The van der Waals surface area contributed by atoms with Crippen LogP contribution < -0.4 is 5.32 Å². The van der Waals surface area contributed by atoms with Gasteiger partial charge in [-0.2, -0.15) is 0 Å². The predicted octanol–water partition coefficient (Wildman–Crippen LogP) is 3.68. The van der Waals surface area contributed by atoms with Crippen LogP contribution in [0, 0.1) is 35.9 Å². The molecule has 0 unspecified atom stereocenters. The molecule has 0 aliphatic heterocycles. The molecule has 0 aromatic carbocycles. The number of hydrogen-bond donors (Lipinski definition) is 1. The van der Waals surface area contributed by atoms with E-state index in [-0.39, 0.29) is 17.1 Å². The fourth-order valence-electron chi connectivity index (χ4n) is 5.25. The van der Waals surface area contributed by atoms with Crippen LogP contribution in [0.4, 0.5) is 10.2 Å². The van der Waals surface area contributed by atoms with Gasteiger partial charge in [0.25, 0.3) is 0 Å². The summed E-state index contributed by atoms with van der Waals surface area (Å²) in [7, 11) is 0. The van der Waals surface area contributed by atoms with E-state index in [9.17, 15) is 9.18 Å². The Morgan fingerprint density at radius 1 is 1.24 bits per heavy atom. The molecule has 1 N–H and O–H groups in total. The van der Waals surface area contributed by atoms with Crippen molar-refractivity contribution in [3.05, 3.63) is 23.6 Å². The molecule has 4 fully saturated rings. The second-order valence-electron chi connectivity index (χ2n) is 7.47. The molecule has 3 nitrogen and oxygen atoms in total. The predicted molar refractivity (Wildman–Crippen MR) is 78.2 cm³/mol. The Bertz CT molecular complexity index is 563. The summed E-state index contributed by atoms with van der Waals surface area (Å²) in [4.78, 5) is 16.8. The van der Waals surface area contributed by atoms with Gasteiger partial charge >= 0.3 is 0 Å². The van der Waals surface area contributed by atoms with Gasteiger partial charge in [0.2, 0.25) is 5.91 Å². The van der Waals surface area contributed by atoms with Crippen molar-refractivity contribution in [2.45, 2.75) is 45.4 Å². The quantitative estimate of drug-likeness (QED) is 0.902. The lowest BCUT2D eigenvalue weighted by Crippen LogP contribution is -2.51. The average Bonchev–Trinajstić information content (AvgIpc) is 2.41. The van der Waals surface area contributed by atoms with E-state index in [1.165, 1.54) is 25.5 Å². The number of anilines is 1. The van der Waals surface area contributed by atoms with Crippen LogP contribution in [0.15, 0.2) is 12.3 Å². The fraction of sp³-hybridized carbons (Fsp3) is 0.647. The van der Waals surface area contributed by atoms with Gasteiger partial charge < -0.3 is 5.32 Å². The van der Waals surface area contributed by atoms with Crippen molar-refractivity contribution in [3.63, 3.8) is 0 Å². The van der Waals surface area contributed by atoms with Gasteiger partial charge in [0.05, 0.1) is 11.6 Å². The van der Waals surface area contributed by atoms with Crippen LogP contribution in [0.5, 0.6) is 0 Å². The summed E-state index contributed by atoms with van der Waals surface area (Å²) >= 11 is 0. The molecule has 0 atom stereocenters. The fourth-order valence-corrected chi connectivity index (χ4v) is 5.25. The first-order chi connectivity index (χ1) is 10.0. The third kappa shape index (κ3) is 2.16. The number of nitrogens with zero attached hydrogens (tertiary/aromatic N) is 1. The van der Waals surface area contributed by atoms with Crippen molar-refractivity contribution in [1.82, 2.24) is 4.98 Å². The normalized spacial score (nSPS) is 36.8. The van der Waals surface area contributed by atoms with E-state index >= 15 is 0 Å². The molecule has 4 aliphatic carbocycles. The Balaban J connectivity index is 1.56. The molecule has 4 heteroatoms. The van der Waals surface area contributed by atoms with Gasteiger partial charge in [-0.1, -0.05) is 0 Å². The zero-order valence-corrected chi connectivity index (χ0v) is 12.4. The van der Waals surface area contributed by atoms with E-state index in [2.05, 4.69) is 10.3 Å². The monoisotopic (exact) mass is 288 g/mol. The van der Waals surface area contributed by atoms with E-state index in [4.69, 9.17) is 0 Å². The zero-order valence-electron chi connectivity index (χ0n) is 12.4. The second-order valence-corrected chi connectivity index (χ2v) is 7.47. The van der Waals surface area contributed by atoms with Crippen LogP contribution in [0.1, 0.15) is 44.1 Å². The van der Waals surface area contributed by atoms with E-state index in [0.29, 0.717) is 11.4 Å². The Hall–Kier alpha value is -1.45. The Kier molecular flexibility index (Phi) is 2.85. The molecular formula is C17H21FN2O. The lowest BCUT2D eigenvalue weighted by molar-refractivity contribution is -0.140. The molecule has 0 saturated heterocycles. The number of aromatic nitrogens is 1. The molecule has 1 heterocycles. The SMILES string of the molecule is Cc1cc(NC(=O)C23CC4CC(CC(C4)C2)C3)ncc1F. The molecule has 1 amide bonds. The molecular weight excluding hydrogens is 267 g/mol. The third-order valence-corrected chi connectivity index (χ3v) is 5.81. The Labute approximate surface area is 124 Å². The van der Waals surface area contributed by atoms with Crippen molar-refractivity contribution in [2.24, 2.45) is 23.2 Å². The highest BCUT2D eigenvalue weighted by molar-refractivity contribution is 5.95. The van der Waals surface area contributed by atoms with Crippen LogP contribution >= 0.6 is 0 Å². The molecule has 5 rings (SSSR count). The summed E-state index contributed by atoms with van der Waals surface area (Å²) in [5, 5.41) is 2.95. The lowest BCUT2D eigenvalue weighted by Gasteiger charge is -2.55. The lowest BCUT2D eigenvalue weighted by atomic mass is 9.49. The number of rotatable bonds is 2. The van der Waals surface area contributed by atoms with Crippen molar-refractivity contribution in [3.8, 4) is 0 Å². The number of halogens is 1. The van der Waals surface area contributed by atoms with E-state index in [1.807, 2.05) is 0 Å². The van der Waals surface area contributed by atoms with E-state index < -0.39 is 0 Å². The van der Waals surface area contributed by atoms with Crippen LogP contribution in [-0.2, 0) is 4.79 Å². The van der Waals surface area contributed by atoms with E-state index in [1.54, 1.807) is 13.0 Å². The number of nitrogens with one attached hydrogen (secondary N) is 1. The van der Waals surface area contributed by atoms with Gasteiger partial charge in [-0.15, -0.1) is 0 Å². The van der Waals surface area contributed by atoms with Crippen LogP contribution in [0.3, 0.4) is 0 Å². The zero-order chi connectivity index (χ0) is 14.6. The summed E-state index contributed by atoms with van der Waals surface area (Å²) in [6.07, 6.45) is 8.24. The van der Waals surface area contributed by atoms with Crippen molar-refractivity contribution < 1.29 is 9.18 Å². The van der Waals surface area contributed by atoms with Crippen LogP contribution in [0.2, 0.25) is 0 Å². The van der Waals surface area contributed by atoms with Gasteiger partial charge in [-0.25, -0.2) is 9.37 Å².